The molecule has 0 fully saturated rings. The first-order valence-electron chi connectivity index (χ1n) is 7.29. The molecule has 0 saturated heterocycles. The number of halogens is 2. The predicted molar refractivity (Wildman–Crippen MR) is 100 cm³/mol. The molecule has 144 valence electrons. The van der Waals surface area contributed by atoms with Crippen molar-refractivity contribution in [3.63, 3.8) is 0 Å². The van der Waals surface area contributed by atoms with Gasteiger partial charge in [-0.2, -0.15) is 0 Å². The Bertz CT molecular complexity index is 1290. The van der Waals surface area contributed by atoms with Gasteiger partial charge >= 0.3 is 0 Å². The minimum absolute atomic E-state index is 0.117. The molecule has 2 aromatic carbocycles. The summed E-state index contributed by atoms with van der Waals surface area (Å²) < 4.78 is 26.3. The third-order valence-electron chi connectivity index (χ3n) is 3.53. The summed E-state index contributed by atoms with van der Waals surface area (Å²) in [6, 6.07) is 6.47. The smallest absolute Gasteiger partial charge is 0.289 e. The molecule has 3 aromatic rings. The van der Waals surface area contributed by atoms with E-state index in [2.05, 4.69) is 9.97 Å². The number of hydrogen-bond donors (Lipinski definition) is 2. The summed E-state index contributed by atoms with van der Waals surface area (Å²) in [5, 5.41) is 10.9. The van der Waals surface area contributed by atoms with E-state index < -0.39 is 37.0 Å². The standard InChI is InChI=1S/C15H8Cl2N4O6S/c16-9-5-11-12(6-10(9)17)19-14(22)13(18-11)15(23)20-28(26,27)8-3-1-7(2-4-8)21(24)25/h1-6H,(H,19,22)(H,20,23). The fraction of sp³-hybridized carbons (Fsp3) is 0. The maximum absolute atomic E-state index is 12.3. The number of benzene rings is 2. The number of H-pyrrole nitrogens is 1. The first-order chi connectivity index (χ1) is 13.1. The summed E-state index contributed by atoms with van der Waals surface area (Å²) in [7, 11) is -4.40. The Morgan fingerprint density at radius 2 is 1.75 bits per heavy atom. The largest absolute Gasteiger partial charge is 0.319 e. The quantitative estimate of drug-likeness (QED) is 0.463. The van der Waals surface area contributed by atoms with Gasteiger partial charge in [0.05, 0.1) is 30.9 Å². The van der Waals surface area contributed by atoms with Gasteiger partial charge < -0.3 is 4.98 Å². The summed E-state index contributed by atoms with van der Waals surface area (Å²) in [5.74, 6) is -1.28. The van der Waals surface area contributed by atoms with Crippen LogP contribution in [0.2, 0.25) is 10.0 Å². The van der Waals surface area contributed by atoms with E-state index in [-0.39, 0.29) is 26.8 Å². The van der Waals surface area contributed by atoms with E-state index in [1.54, 1.807) is 4.72 Å². The fourth-order valence-corrected chi connectivity index (χ4v) is 3.49. The third kappa shape index (κ3) is 3.81. The van der Waals surface area contributed by atoms with Crippen LogP contribution in [0.1, 0.15) is 10.5 Å². The van der Waals surface area contributed by atoms with E-state index in [0.29, 0.717) is 0 Å². The molecule has 0 aliphatic heterocycles. The van der Waals surface area contributed by atoms with Gasteiger partial charge in [0.15, 0.2) is 5.69 Å². The number of rotatable bonds is 4. The Kier molecular flexibility index (Phi) is 5.06. The van der Waals surface area contributed by atoms with Gasteiger partial charge in [0.25, 0.3) is 27.2 Å². The minimum atomic E-state index is -4.40. The highest BCUT2D eigenvalue weighted by Crippen LogP contribution is 2.25. The van der Waals surface area contributed by atoms with Crippen LogP contribution in [-0.2, 0) is 10.0 Å². The maximum Gasteiger partial charge on any atom is 0.289 e. The van der Waals surface area contributed by atoms with Crippen LogP contribution in [-0.4, -0.2) is 29.2 Å². The molecular formula is C15H8Cl2N4O6S. The Morgan fingerprint density at radius 1 is 1.14 bits per heavy atom. The SMILES string of the molecule is O=C(NS(=O)(=O)c1ccc([N+](=O)[O-])cc1)c1nc2cc(Cl)c(Cl)cc2[nH]c1=O. The van der Waals surface area contributed by atoms with Crippen molar-refractivity contribution < 1.29 is 18.1 Å². The number of carbonyl (C=O) groups excluding carboxylic acids is 1. The van der Waals surface area contributed by atoms with Crippen molar-refractivity contribution in [2.24, 2.45) is 0 Å². The van der Waals surface area contributed by atoms with Gasteiger partial charge in [-0.05, 0) is 24.3 Å². The molecule has 0 saturated carbocycles. The molecule has 0 radical (unpaired) electrons. The monoisotopic (exact) mass is 442 g/mol. The van der Waals surface area contributed by atoms with E-state index in [1.807, 2.05) is 0 Å². The summed E-state index contributed by atoms with van der Waals surface area (Å²) in [5.41, 5.74) is -1.66. The Morgan fingerprint density at radius 3 is 2.36 bits per heavy atom. The van der Waals surface area contributed by atoms with Crippen molar-refractivity contribution >= 4 is 55.9 Å². The summed E-state index contributed by atoms with van der Waals surface area (Å²) >= 11 is 11.7. The maximum atomic E-state index is 12.3. The van der Waals surface area contributed by atoms with Crippen molar-refractivity contribution in [2.75, 3.05) is 0 Å². The lowest BCUT2D eigenvalue weighted by Crippen LogP contribution is -2.35. The number of aromatic amines is 1. The van der Waals surface area contributed by atoms with Crippen molar-refractivity contribution in [2.45, 2.75) is 4.90 Å². The molecule has 1 aromatic heterocycles. The van der Waals surface area contributed by atoms with Crippen LogP contribution in [0.3, 0.4) is 0 Å². The molecule has 10 nitrogen and oxygen atoms in total. The van der Waals surface area contributed by atoms with Crippen molar-refractivity contribution in [1.29, 1.82) is 0 Å². The number of fused-ring (bicyclic) bond motifs is 1. The second-order valence-electron chi connectivity index (χ2n) is 5.38. The van der Waals surface area contributed by atoms with E-state index in [0.717, 1.165) is 24.3 Å². The molecule has 1 heterocycles. The van der Waals surface area contributed by atoms with E-state index in [4.69, 9.17) is 23.2 Å². The molecule has 0 spiro atoms. The second kappa shape index (κ2) is 7.19. The van der Waals surface area contributed by atoms with Gasteiger partial charge in [0.1, 0.15) is 0 Å². The van der Waals surface area contributed by atoms with Crippen LogP contribution in [0.4, 0.5) is 5.69 Å². The minimum Gasteiger partial charge on any atom is -0.319 e. The predicted octanol–water partition coefficient (Wildman–Crippen LogP) is 2.26. The van der Waals surface area contributed by atoms with Crippen molar-refractivity contribution in [3.8, 4) is 0 Å². The second-order valence-corrected chi connectivity index (χ2v) is 7.88. The van der Waals surface area contributed by atoms with Gasteiger partial charge in [-0.25, -0.2) is 18.1 Å². The number of nitrogens with zero attached hydrogens (tertiary/aromatic N) is 2. The van der Waals surface area contributed by atoms with E-state index in [9.17, 15) is 28.1 Å². The molecule has 13 heteroatoms. The first-order valence-corrected chi connectivity index (χ1v) is 9.53. The van der Waals surface area contributed by atoms with Crippen LogP contribution in [0.25, 0.3) is 11.0 Å². The summed E-state index contributed by atoms with van der Waals surface area (Å²) in [4.78, 5) is 40.1. The molecule has 0 atom stereocenters. The molecule has 2 N–H and O–H groups in total. The number of carbonyl (C=O) groups is 1. The molecule has 0 bridgehead atoms. The molecule has 0 unspecified atom stereocenters. The lowest BCUT2D eigenvalue weighted by molar-refractivity contribution is -0.384. The van der Waals surface area contributed by atoms with E-state index >= 15 is 0 Å². The number of nitro benzene ring substituents is 1. The number of hydrogen-bond acceptors (Lipinski definition) is 7. The lowest BCUT2D eigenvalue weighted by Gasteiger charge is -2.07. The fourth-order valence-electron chi connectivity index (χ4n) is 2.21. The Hall–Kier alpha value is -3.02. The molecule has 3 rings (SSSR count). The Labute approximate surface area is 166 Å². The molecule has 0 aliphatic rings. The first kappa shape index (κ1) is 19.7. The average Bonchev–Trinajstić information content (AvgIpc) is 2.62. The highest BCUT2D eigenvalue weighted by atomic mass is 35.5. The van der Waals surface area contributed by atoms with Crippen LogP contribution in [0.5, 0.6) is 0 Å². The topological polar surface area (TPSA) is 152 Å². The number of aromatic nitrogens is 2. The summed E-state index contributed by atoms with van der Waals surface area (Å²) in [6.45, 7) is 0. The van der Waals surface area contributed by atoms with Gasteiger partial charge in [-0.15, -0.1) is 0 Å². The number of sulfonamides is 1. The van der Waals surface area contributed by atoms with Crippen LogP contribution in [0.15, 0.2) is 46.1 Å². The van der Waals surface area contributed by atoms with Crippen LogP contribution in [0, 0.1) is 10.1 Å². The van der Waals surface area contributed by atoms with Gasteiger partial charge in [-0.3, -0.25) is 19.7 Å². The number of non-ortho nitro benzene ring substituents is 1. The van der Waals surface area contributed by atoms with Crippen molar-refractivity contribution in [3.05, 3.63) is 72.6 Å². The average molecular weight is 443 g/mol. The molecular weight excluding hydrogens is 435 g/mol. The molecule has 1 amide bonds. The molecule has 28 heavy (non-hydrogen) atoms. The zero-order valence-electron chi connectivity index (χ0n) is 13.5. The van der Waals surface area contributed by atoms with Gasteiger partial charge in [-0.1, -0.05) is 23.2 Å². The van der Waals surface area contributed by atoms with Gasteiger partial charge in [0.2, 0.25) is 0 Å². The lowest BCUT2D eigenvalue weighted by atomic mass is 10.3. The van der Waals surface area contributed by atoms with Crippen molar-refractivity contribution in [1.82, 2.24) is 14.7 Å². The summed E-state index contributed by atoms with van der Waals surface area (Å²) in [6.07, 6.45) is 0. The zero-order valence-corrected chi connectivity index (χ0v) is 15.8. The molecule has 0 aliphatic carbocycles. The number of nitrogens with one attached hydrogen (secondary N) is 2. The highest BCUT2D eigenvalue weighted by Gasteiger charge is 2.23. The van der Waals surface area contributed by atoms with E-state index in [1.165, 1.54) is 12.1 Å². The zero-order chi connectivity index (χ0) is 20.6. The number of amides is 1. The highest BCUT2D eigenvalue weighted by molar-refractivity contribution is 7.90. The van der Waals surface area contributed by atoms with Gasteiger partial charge in [0, 0.05) is 12.1 Å². The normalized spacial score (nSPS) is 11.4. The van der Waals surface area contributed by atoms with Crippen LogP contribution >= 0.6 is 23.2 Å². The van der Waals surface area contributed by atoms with Crippen LogP contribution < -0.4 is 10.3 Å². The number of nitro groups is 1. The third-order valence-corrected chi connectivity index (χ3v) is 5.60. The Balaban J connectivity index is 1.95.